The maximum Gasteiger partial charge on any atom is 0.137 e. The zero-order valence-corrected chi connectivity index (χ0v) is 13.5. The van der Waals surface area contributed by atoms with Crippen molar-refractivity contribution in [3.63, 3.8) is 0 Å². The lowest BCUT2D eigenvalue weighted by Crippen LogP contribution is -2.42. The van der Waals surface area contributed by atoms with Gasteiger partial charge in [-0.15, -0.1) is 0 Å². The number of piperidine rings is 1. The molecule has 1 aromatic rings. The standard InChI is InChI=1S/C16H22BrFN2/c1-12(2)11-20-7-5-14(6-8-20)19-10-13-3-4-16(18)15(17)9-13/h3-4,9,14,19H,1,5-8,10-11H2,2H3. The van der Waals surface area contributed by atoms with Gasteiger partial charge in [-0.05, 0) is 66.5 Å². The monoisotopic (exact) mass is 340 g/mol. The molecule has 0 saturated carbocycles. The number of hydrogen-bond donors (Lipinski definition) is 1. The number of benzene rings is 1. The van der Waals surface area contributed by atoms with Crippen molar-refractivity contribution >= 4 is 15.9 Å². The second kappa shape index (κ2) is 7.34. The molecule has 1 aromatic carbocycles. The SMILES string of the molecule is C=C(C)CN1CCC(NCc2ccc(F)c(Br)c2)CC1. The molecule has 0 aliphatic carbocycles. The number of likely N-dealkylation sites (tertiary alicyclic amines) is 1. The van der Waals surface area contributed by atoms with Crippen molar-refractivity contribution in [3.05, 3.63) is 46.2 Å². The van der Waals surface area contributed by atoms with Crippen molar-refractivity contribution in [1.82, 2.24) is 10.2 Å². The fraction of sp³-hybridized carbons (Fsp3) is 0.500. The van der Waals surface area contributed by atoms with Gasteiger partial charge in [-0.1, -0.05) is 18.2 Å². The van der Waals surface area contributed by atoms with E-state index in [-0.39, 0.29) is 5.82 Å². The Bertz CT molecular complexity index is 468. The molecular weight excluding hydrogens is 319 g/mol. The number of hydrogen-bond acceptors (Lipinski definition) is 2. The third-order valence-electron chi connectivity index (χ3n) is 3.66. The maximum atomic E-state index is 13.2. The van der Waals surface area contributed by atoms with Gasteiger partial charge in [0.05, 0.1) is 4.47 Å². The van der Waals surface area contributed by atoms with Crippen molar-refractivity contribution in [1.29, 1.82) is 0 Å². The molecule has 2 rings (SSSR count). The van der Waals surface area contributed by atoms with Gasteiger partial charge in [0, 0.05) is 19.1 Å². The molecule has 1 heterocycles. The quantitative estimate of drug-likeness (QED) is 0.822. The molecule has 0 aromatic heterocycles. The van der Waals surface area contributed by atoms with E-state index >= 15 is 0 Å². The number of nitrogens with zero attached hydrogens (tertiary/aromatic N) is 1. The minimum absolute atomic E-state index is 0.207. The Hall–Kier alpha value is -0.710. The predicted octanol–water partition coefficient (Wildman–Crippen LogP) is 3.72. The Morgan fingerprint density at radius 2 is 2.15 bits per heavy atom. The zero-order valence-electron chi connectivity index (χ0n) is 12.0. The highest BCUT2D eigenvalue weighted by molar-refractivity contribution is 9.10. The molecule has 0 atom stereocenters. The minimum Gasteiger partial charge on any atom is -0.310 e. The molecule has 1 aliphatic rings. The molecule has 0 amide bonds. The molecular formula is C16H22BrFN2. The van der Waals surface area contributed by atoms with E-state index < -0.39 is 0 Å². The lowest BCUT2D eigenvalue weighted by molar-refractivity contribution is 0.211. The predicted molar refractivity (Wildman–Crippen MR) is 85.2 cm³/mol. The average Bonchev–Trinajstić information content (AvgIpc) is 2.41. The van der Waals surface area contributed by atoms with Crippen LogP contribution in [0, 0.1) is 5.82 Å². The Balaban J connectivity index is 1.75. The third-order valence-corrected chi connectivity index (χ3v) is 4.27. The minimum atomic E-state index is -0.207. The topological polar surface area (TPSA) is 15.3 Å². The fourth-order valence-electron chi connectivity index (χ4n) is 2.59. The van der Waals surface area contributed by atoms with Crippen LogP contribution in [0.1, 0.15) is 25.3 Å². The zero-order chi connectivity index (χ0) is 14.5. The molecule has 1 fully saturated rings. The van der Waals surface area contributed by atoms with Crippen molar-refractivity contribution < 1.29 is 4.39 Å². The number of rotatable bonds is 5. The molecule has 0 unspecified atom stereocenters. The van der Waals surface area contributed by atoms with E-state index in [0.29, 0.717) is 10.5 Å². The van der Waals surface area contributed by atoms with Crippen LogP contribution in [0.3, 0.4) is 0 Å². The van der Waals surface area contributed by atoms with Crippen molar-refractivity contribution in [3.8, 4) is 0 Å². The molecule has 1 saturated heterocycles. The van der Waals surface area contributed by atoms with Crippen molar-refractivity contribution in [2.45, 2.75) is 32.4 Å². The molecule has 1 N–H and O–H groups in total. The summed E-state index contributed by atoms with van der Waals surface area (Å²) < 4.78 is 13.7. The maximum absolute atomic E-state index is 13.2. The molecule has 0 bridgehead atoms. The summed E-state index contributed by atoms with van der Waals surface area (Å²) in [5, 5.41) is 3.57. The van der Waals surface area contributed by atoms with Gasteiger partial charge >= 0.3 is 0 Å². The summed E-state index contributed by atoms with van der Waals surface area (Å²) in [7, 11) is 0. The molecule has 0 spiro atoms. The van der Waals surface area contributed by atoms with Crippen LogP contribution in [-0.4, -0.2) is 30.6 Å². The summed E-state index contributed by atoms with van der Waals surface area (Å²) in [5.74, 6) is -0.207. The second-order valence-electron chi connectivity index (χ2n) is 5.64. The van der Waals surface area contributed by atoms with Crippen LogP contribution in [0.25, 0.3) is 0 Å². The largest absolute Gasteiger partial charge is 0.310 e. The molecule has 2 nitrogen and oxygen atoms in total. The molecule has 20 heavy (non-hydrogen) atoms. The van der Waals surface area contributed by atoms with Crippen LogP contribution in [-0.2, 0) is 6.54 Å². The average molecular weight is 341 g/mol. The normalized spacial score (nSPS) is 17.4. The van der Waals surface area contributed by atoms with Gasteiger partial charge in [0.1, 0.15) is 5.82 Å². The lowest BCUT2D eigenvalue weighted by Gasteiger charge is -2.32. The smallest absolute Gasteiger partial charge is 0.137 e. The lowest BCUT2D eigenvalue weighted by atomic mass is 10.0. The Labute approximate surface area is 129 Å². The highest BCUT2D eigenvalue weighted by Gasteiger charge is 2.18. The van der Waals surface area contributed by atoms with Gasteiger partial charge in [-0.3, -0.25) is 4.90 Å². The van der Waals surface area contributed by atoms with Gasteiger partial charge in [-0.25, -0.2) is 4.39 Å². The number of halogens is 2. The summed E-state index contributed by atoms with van der Waals surface area (Å²) >= 11 is 3.23. The molecule has 4 heteroatoms. The second-order valence-corrected chi connectivity index (χ2v) is 6.49. The Morgan fingerprint density at radius 1 is 1.45 bits per heavy atom. The van der Waals surface area contributed by atoms with Gasteiger partial charge in [-0.2, -0.15) is 0 Å². The molecule has 110 valence electrons. The van der Waals surface area contributed by atoms with Crippen LogP contribution in [0.2, 0.25) is 0 Å². The van der Waals surface area contributed by atoms with Gasteiger partial charge in [0.2, 0.25) is 0 Å². The van der Waals surface area contributed by atoms with Gasteiger partial charge in [0.25, 0.3) is 0 Å². The summed E-state index contributed by atoms with van der Waals surface area (Å²) in [6, 6.07) is 5.75. The van der Waals surface area contributed by atoms with Crippen LogP contribution in [0.5, 0.6) is 0 Å². The first-order chi connectivity index (χ1) is 9.54. The van der Waals surface area contributed by atoms with Gasteiger partial charge < -0.3 is 5.32 Å². The van der Waals surface area contributed by atoms with Crippen molar-refractivity contribution in [2.75, 3.05) is 19.6 Å². The summed E-state index contributed by atoms with van der Waals surface area (Å²) in [4.78, 5) is 2.45. The van der Waals surface area contributed by atoms with Crippen LogP contribution in [0.15, 0.2) is 34.8 Å². The Kier molecular flexibility index (Phi) is 5.75. The highest BCUT2D eigenvalue weighted by Crippen LogP contribution is 2.17. The molecule has 1 aliphatic heterocycles. The first-order valence-electron chi connectivity index (χ1n) is 7.08. The molecule has 0 radical (unpaired) electrons. The van der Waals surface area contributed by atoms with Crippen LogP contribution >= 0.6 is 15.9 Å². The number of nitrogens with one attached hydrogen (secondary N) is 1. The summed E-state index contributed by atoms with van der Waals surface area (Å²) in [6.07, 6.45) is 2.32. The van der Waals surface area contributed by atoms with Gasteiger partial charge in [0.15, 0.2) is 0 Å². The van der Waals surface area contributed by atoms with E-state index in [2.05, 4.69) is 39.6 Å². The third kappa shape index (κ3) is 4.69. The van der Waals surface area contributed by atoms with E-state index in [0.717, 1.165) is 44.6 Å². The van der Waals surface area contributed by atoms with E-state index in [4.69, 9.17) is 0 Å². The van der Waals surface area contributed by atoms with E-state index in [1.165, 1.54) is 11.6 Å². The summed E-state index contributed by atoms with van der Waals surface area (Å²) in [5.41, 5.74) is 2.34. The first-order valence-corrected chi connectivity index (χ1v) is 7.88. The highest BCUT2D eigenvalue weighted by atomic mass is 79.9. The van der Waals surface area contributed by atoms with E-state index in [1.54, 1.807) is 0 Å². The van der Waals surface area contributed by atoms with E-state index in [9.17, 15) is 4.39 Å². The van der Waals surface area contributed by atoms with E-state index in [1.807, 2.05) is 12.1 Å². The summed E-state index contributed by atoms with van der Waals surface area (Å²) in [6.45, 7) is 10.1. The van der Waals surface area contributed by atoms with Crippen molar-refractivity contribution in [2.24, 2.45) is 0 Å². The van der Waals surface area contributed by atoms with Crippen LogP contribution in [0.4, 0.5) is 4.39 Å². The first kappa shape index (κ1) is 15.7. The fourth-order valence-corrected chi connectivity index (χ4v) is 3.01. The van der Waals surface area contributed by atoms with Crippen LogP contribution < -0.4 is 5.32 Å². The Morgan fingerprint density at radius 3 is 2.75 bits per heavy atom.